The number of esters is 14. The molecule has 2 N–H and O–H groups in total. The average Bonchev–Trinajstić information content (AvgIpc) is 0.774. The lowest BCUT2D eigenvalue weighted by Gasteiger charge is -2.49. The Morgan fingerprint density at radius 1 is 0.343 bits per heavy atom. The van der Waals surface area contributed by atoms with E-state index in [1.165, 1.54) is 12.1 Å². The second-order valence-electron chi connectivity index (χ2n) is 21.8. The molecule has 4 aliphatic heterocycles. The summed E-state index contributed by atoms with van der Waals surface area (Å²) in [5.41, 5.74) is -1.67. The Balaban J connectivity index is 1.63. The molecule has 20 atom stereocenters. The molecule has 0 saturated carbocycles. The van der Waals surface area contributed by atoms with Crippen molar-refractivity contribution in [1.29, 1.82) is 0 Å². The molecular formula is C60H77N3O35S. The molecule has 0 unspecified atom stereocenters. The molecule has 4 heterocycles. The van der Waals surface area contributed by atoms with Crippen LogP contribution in [0.25, 0.3) is 0 Å². The normalized spacial score (nSPS) is 29.5. The van der Waals surface area contributed by atoms with Crippen LogP contribution >= 0.6 is 11.8 Å². The molecule has 0 aliphatic carbocycles. The molecule has 38 nitrogen and oxygen atoms in total. The van der Waals surface area contributed by atoms with Gasteiger partial charge in [-0.3, -0.25) is 72.4 Å². The van der Waals surface area contributed by atoms with E-state index < -0.39 is 243 Å². The SMILES string of the molecule is CC(=O)OC[C@H]1O[C@@H](O[C@H]2[C@H](OC(C)=O)[C@@H](OC(C)=O)[C@H](NC(=O)NC(=Nc3ccccc3)S[C@@H]3O[C@H](COC(C)=O)[C@@H](O[C@@H]4O[C@H](COC(C)=O)[C@H](OC(C)=O)[C@H](OC(C)=O)[C@H]4OC(C)=O)[C@H](OC(C)=O)[C@H]3OC(C)=O)O[C@@H]2COC(C)=O)[C@H](OC(C)=O)[C@@H](OC(C)=O)[C@H]1OC(C)=O. The molecule has 4 aliphatic rings. The second kappa shape index (κ2) is 37.7. The fourth-order valence-corrected chi connectivity index (χ4v) is 11.3. The van der Waals surface area contributed by atoms with Crippen LogP contribution in [0.15, 0.2) is 35.3 Å². The van der Waals surface area contributed by atoms with Crippen LogP contribution in [-0.2, 0) is 162 Å². The number of hydrogen-bond acceptors (Lipinski definition) is 37. The Morgan fingerprint density at radius 3 is 0.990 bits per heavy atom. The molecule has 2 amide bonds. The van der Waals surface area contributed by atoms with Crippen LogP contribution in [0.3, 0.4) is 0 Å². The molecule has 1 aromatic carbocycles. The van der Waals surface area contributed by atoms with Crippen LogP contribution in [0.5, 0.6) is 0 Å². The molecular weight excluding hydrogens is 1350 g/mol. The Morgan fingerprint density at radius 2 is 0.636 bits per heavy atom. The third kappa shape index (κ3) is 25.3. The van der Waals surface area contributed by atoms with Crippen LogP contribution in [-0.4, -0.2) is 243 Å². The van der Waals surface area contributed by atoms with Gasteiger partial charge in [0.15, 0.2) is 90.5 Å². The number of benzene rings is 1. The first-order valence-electron chi connectivity index (χ1n) is 30.1. The van der Waals surface area contributed by atoms with E-state index in [0.29, 0.717) is 11.8 Å². The number of aliphatic imine (C=N–C) groups is 1. The molecule has 1 aromatic rings. The number of hydrogen-bond donors (Lipinski definition) is 2. The largest absolute Gasteiger partial charge is 0.463 e. The van der Waals surface area contributed by atoms with Crippen molar-refractivity contribution in [2.75, 3.05) is 26.4 Å². The van der Waals surface area contributed by atoms with Crippen LogP contribution in [0.1, 0.15) is 96.9 Å². The Labute approximate surface area is 568 Å². The summed E-state index contributed by atoms with van der Waals surface area (Å²) in [6.07, 6.45) is -35.4. The predicted molar refractivity (Wildman–Crippen MR) is 319 cm³/mol. The number of rotatable bonds is 25. The van der Waals surface area contributed by atoms with E-state index in [9.17, 15) is 71.9 Å². The lowest BCUT2D eigenvalue weighted by molar-refractivity contribution is -0.345. The zero-order valence-electron chi connectivity index (χ0n) is 55.9. The fraction of sp³-hybridized carbons (Fsp3) is 0.633. The molecule has 0 spiro atoms. The molecule has 39 heteroatoms. The minimum Gasteiger partial charge on any atom is -0.463 e. The van der Waals surface area contributed by atoms with E-state index in [-0.39, 0.29) is 5.69 Å². The minimum absolute atomic E-state index is 0.100. The lowest BCUT2D eigenvalue weighted by Crippen LogP contribution is -2.69. The van der Waals surface area contributed by atoms with Crippen LogP contribution < -0.4 is 10.6 Å². The molecule has 0 bridgehead atoms. The van der Waals surface area contributed by atoms with E-state index in [4.69, 9.17) is 94.7 Å². The van der Waals surface area contributed by atoms with Gasteiger partial charge in [0.05, 0.1) is 5.69 Å². The summed E-state index contributed by atoms with van der Waals surface area (Å²) in [6.45, 7) is 10.4. The molecule has 4 fully saturated rings. The number of urea groups is 1. The van der Waals surface area contributed by atoms with Crippen molar-refractivity contribution < 1.29 is 167 Å². The average molecular weight is 1430 g/mol. The summed E-state index contributed by atoms with van der Waals surface area (Å²) in [6, 6.07) is 6.28. The number of nitrogens with one attached hydrogen (secondary N) is 2. The van der Waals surface area contributed by atoms with Gasteiger partial charge in [-0.25, -0.2) is 9.79 Å². The van der Waals surface area contributed by atoms with Gasteiger partial charge in [0.2, 0.25) is 0 Å². The quantitative estimate of drug-likeness (QED) is 0.0561. The molecule has 4 saturated heterocycles. The predicted octanol–water partition coefficient (Wildman–Crippen LogP) is -0.0541. The maximum atomic E-state index is 14.8. The van der Waals surface area contributed by atoms with E-state index in [2.05, 4.69) is 15.6 Å². The van der Waals surface area contributed by atoms with Gasteiger partial charge in [-0.1, -0.05) is 30.0 Å². The zero-order chi connectivity index (χ0) is 73.7. The van der Waals surface area contributed by atoms with Crippen molar-refractivity contribution in [3.05, 3.63) is 30.3 Å². The van der Waals surface area contributed by atoms with Gasteiger partial charge >= 0.3 is 89.6 Å². The first-order chi connectivity index (χ1) is 46.5. The van der Waals surface area contributed by atoms with E-state index in [1.807, 2.05) is 0 Å². The highest BCUT2D eigenvalue weighted by Crippen LogP contribution is 2.40. The number of ether oxygens (including phenoxy) is 20. The molecule has 0 radical (unpaired) electrons. The summed E-state index contributed by atoms with van der Waals surface area (Å²) in [5, 5.41) is 4.43. The maximum absolute atomic E-state index is 14.8. The molecule has 548 valence electrons. The Kier molecular flexibility index (Phi) is 30.7. The highest BCUT2D eigenvalue weighted by molar-refractivity contribution is 8.14. The Bertz CT molecular complexity index is 3150. The number of nitrogens with zero attached hydrogens (tertiary/aromatic N) is 1. The van der Waals surface area contributed by atoms with Gasteiger partial charge in [0.1, 0.15) is 63.1 Å². The van der Waals surface area contributed by atoms with Crippen LogP contribution in [0, 0.1) is 0 Å². The van der Waals surface area contributed by atoms with Gasteiger partial charge in [-0.05, 0) is 12.1 Å². The van der Waals surface area contributed by atoms with Crippen molar-refractivity contribution in [2.24, 2.45) is 4.99 Å². The summed E-state index contributed by atoms with van der Waals surface area (Å²) >= 11 is 0.445. The third-order valence-electron chi connectivity index (χ3n) is 13.5. The van der Waals surface area contributed by atoms with E-state index >= 15 is 0 Å². The van der Waals surface area contributed by atoms with Crippen molar-refractivity contribution in [3.63, 3.8) is 0 Å². The van der Waals surface area contributed by atoms with Gasteiger partial charge < -0.3 is 100 Å². The number of amidine groups is 1. The van der Waals surface area contributed by atoms with Gasteiger partial charge in [0, 0.05) is 96.9 Å². The fourth-order valence-electron chi connectivity index (χ4n) is 10.3. The standard InChI is InChI=1S/C60H77N3O35S/c1-24(64)79-20-39-45(97-56-52(90-35(12)75)48(86-31(8)71)43(83-28(5)68)40(94-56)21-80-25(2)65)47(85-30(7)70)51(89-34(11)74)55(93-39)62-59(78)63-60(61-38-18-16-15-17-19-38)99-58-54(92-37(14)77)50(88-33(10)73)46(42(96-58)23-82-27(4)67)98-57-53(91-36(13)76)49(87-32(9)72)44(84-29(6)69)41(95-57)22-81-26(3)66/h15-19,39-58H,20-23H2,1-14H3,(H2,61,62,63,78)/t39-,40-,41-,42-,43+,44+,45-,46-,47+,48+,49+,50+,51-,52-,53-,54-,55-,56+,57+,58+/m1/s1. The van der Waals surface area contributed by atoms with Crippen LogP contribution in [0.4, 0.5) is 10.5 Å². The smallest absolute Gasteiger partial charge is 0.322 e. The van der Waals surface area contributed by atoms with Crippen molar-refractivity contribution >= 4 is 112 Å². The zero-order valence-corrected chi connectivity index (χ0v) is 56.7. The number of carbonyl (C=O) groups excluding carboxylic acids is 15. The van der Waals surface area contributed by atoms with Crippen molar-refractivity contribution in [2.45, 2.75) is 219 Å². The minimum atomic E-state index is -2.06. The lowest BCUT2D eigenvalue weighted by atomic mass is 9.95. The third-order valence-corrected chi connectivity index (χ3v) is 14.6. The van der Waals surface area contributed by atoms with E-state index in [0.717, 1.165) is 96.9 Å². The number of carbonyl (C=O) groups is 15. The van der Waals surface area contributed by atoms with Crippen molar-refractivity contribution in [1.82, 2.24) is 10.6 Å². The first-order valence-corrected chi connectivity index (χ1v) is 30.9. The van der Waals surface area contributed by atoms with Gasteiger partial charge in [-0.15, -0.1) is 0 Å². The summed E-state index contributed by atoms with van der Waals surface area (Å²) in [5.74, 6) is -14.1. The molecule has 99 heavy (non-hydrogen) atoms. The number of para-hydroxylation sites is 1. The first kappa shape index (κ1) is 80.5. The highest BCUT2D eigenvalue weighted by Gasteiger charge is 2.60. The molecule has 0 aromatic heterocycles. The van der Waals surface area contributed by atoms with Gasteiger partial charge in [0.25, 0.3) is 0 Å². The Hall–Kier alpha value is -9.15. The number of amides is 2. The topological polar surface area (TPSA) is 477 Å². The van der Waals surface area contributed by atoms with Crippen LogP contribution in [0.2, 0.25) is 0 Å². The monoisotopic (exact) mass is 1430 g/mol. The number of thioether (sulfide) groups is 1. The summed E-state index contributed by atoms with van der Waals surface area (Å²) in [7, 11) is 0. The highest BCUT2D eigenvalue weighted by atomic mass is 32.2. The summed E-state index contributed by atoms with van der Waals surface area (Å²) in [4.78, 5) is 198. The van der Waals surface area contributed by atoms with Gasteiger partial charge in [-0.2, -0.15) is 0 Å². The summed E-state index contributed by atoms with van der Waals surface area (Å²) < 4.78 is 115. The van der Waals surface area contributed by atoms with E-state index in [1.54, 1.807) is 18.2 Å². The molecule has 5 rings (SSSR count). The van der Waals surface area contributed by atoms with Crippen molar-refractivity contribution in [3.8, 4) is 0 Å². The maximum Gasteiger partial charge on any atom is 0.322 e. The second-order valence-corrected chi connectivity index (χ2v) is 22.9.